The Kier molecular flexibility index (Phi) is 5.70. The number of nitrogens with one attached hydrogen (secondary N) is 1. The van der Waals surface area contributed by atoms with Crippen molar-refractivity contribution < 1.29 is 4.74 Å². The summed E-state index contributed by atoms with van der Waals surface area (Å²) in [6.45, 7) is 8.79. The van der Waals surface area contributed by atoms with Gasteiger partial charge in [0.1, 0.15) is 5.75 Å². The molecule has 2 saturated heterocycles. The van der Waals surface area contributed by atoms with Gasteiger partial charge in [0.2, 0.25) is 0 Å². The Morgan fingerprint density at radius 1 is 1.20 bits per heavy atom. The molecule has 20 heavy (non-hydrogen) atoms. The van der Waals surface area contributed by atoms with Gasteiger partial charge in [0.15, 0.2) is 0 Å². The Bertz CT molecular complexity index is 409. The summed E-state index contributed by atoms with van der Waals surface area (Å²) in [6.07, 6.45) is 1.36. The summed E-state index contributed by atoms with van der Waals surface area (Å²) in [7, 11) is 0. The van der Waals surface area contributed by atoms with Gasteiger partial charge in [-0.3, -0.25) is 4.90 Å². The number of halogens is 1. The highest BCUT2D eigenvalue weighted by Gasteiger charge is 2.32. The third kappa shape index (κ3) is 3.66. The summed E-state index contributed by atoms with van der Waals surface area (Å²) in [5, 5.41) is 3.53. The van der Waals surface area contributed by atoms with Crippen LogP contribution in [0.15, 0.2) is 24.3 Å². The smallest absolute Gasteiger partial charge is 0.119 e. The van der Waals surface area contributed by atoms with Crippen LogP contribution in [-0.2, 0) is 6.54 Å². The Morgan fingerprint density at radius 2 is 1.95 bits per heavy atom. The van der Waals surface area contributed by atoms with Gasteiger partial charge in [0, 0.05) is 13.1 Å². The normalized spacial score (nSPS) is 25.9. The molecule has 112 valence electrons. The average Bonchev–Trinajstić information content (AvgIpc) is 2.89. The van der Waals surface area contributed by atoms with Crippen molar-refractivity contribution in [3.05, 3.63) is 29.8 Å². The zero-order chi connectivity index (χ0) is 13.1. The number of likely N-dealkylation sites (tertiary alicyclic amines) is 1. The number of benzene rings is 1. The first-order valence-corrected chi connectivity index (χ1v) is 7.50. The van der Waals surface area contributed by atoms with Crippen molar-refractivity contribution in [2.24, 2.45) is 11.8 Å². The Balaban J connectivity index is 0.00000147. The topological polar surface area (TPSA) is 24.5 Å². The number of nitrogens with zero attached hydrogens (tertiary/aromatic N) is 1. The van der Waals surface area contributed by atoms with Gasteiger partial charge in [-0.15, -0.1) is 12.4 Å². The molecule has 2 unspecified atom stereocenters. The van der Waals surface area contributed by atoms with Crippen molar-refractivity contribution in [2.75, 3.05) is 32.8 Å². The standard InChI is InChI=1S/C16H24N2O.ClH/c1-2-19-16-5-3-13(4-6-16)11-18-8-7-14-9-17-10-15(14)12-18;/h3-6,14-15,17H,2,7-12H2,1H3;1H. The zero-order valence-corrected chi connectivity index (χ0v) is 13.0. The molecular weight excluding hydrogens is 272 g/mol. The van der Waals surface area contributed by atoms with Gasteiger partial charge in [-0.1, -0.05) is 12.1 Å². The number of piperidine rings is 1. The van der Waals surface area contributed by atoms with Gasteiger partial charge in [0.25, 0.3) is 0 Å². The monoisotopic (exact) mass is 296 g/mol. The second kappa shape index (κ2) is 7.30. The zero-order valence-electron chi connectivity index (χ0n) is 12.2. The van der Waals surface area contributed by atoms with E-state index in [0.717, 1.165) is 30.7 Å². The minimum atomic E-state index is 0. The summed E-state index contributed by atoms with van der Waals surface area (Å²) in [6, 6.07) is 8.57. The molecular formula is C16H25ClN2O. The van der Waals surface area contributed by atoms with E-state index in [2.05, 4.69) is 34.5 Å². The van der Waals surface area contributed by atoms with Gasteiger partial charge >= 0.3 is 0 Å². The van der Waals surface area contributed by atoms with Crippen LogP contribution in [-0.4, -0.2) is 37.7 Å². The van der Waals surface area contributed by atoms with Crippen molar-refractivity contribution in [2.45, 2.75) is 19.9 Å². The van der Waals surface area contributed by atoms with Crippen LogP contribution in [0.4, 0.5) is 0 Å². The predicted molar refractivity (Wildman–Crippen MR) is 84.6 cm³/mol. The van der Waals surface area contributed by atoms with E-state index < -0.39 is 0 Å². The lowest BCUT2D eigenvalue weighted by Gasteiger charge is -2.34. The highest BCUT2D eigenvalue weighted by molar-refractivity contribution is 5.85. The SMILES string of the molecule is CCOc1ccc(CN2CCC3CNCC3C2)cc1.Cl. The van der Waals surface area contributed by atoms with Gasteiger partial charge < -0.3 is 10.1 Å². The van der Waals surface area contributed by atoms with E-state index in [-0.39, 0.29) is 12.4 Å². The average molecular weight is 297 g/mol. The van der Waals surface area contributed by atoms with Crippen LogP contribution < -0.4 is 10.1 Å². The lowest BCUT2D eigenvalue weighted by Crippen LogP contribution is -2.39. The highest BCUT2D eigenvalue weighted by atomic mass is 35.5. The molecule has 1 aromatic carbocycles. The number of ether oxygens (including phenoxy) is 1. The van der Waals surface area contributed by atoms with Gasteiger partial charge in [-0.2, -0.15) is 0 Å². The number of fused-ring (bicyclic) bond motifs is 1. The molecule has 0 aliphatic carbocycles. The van der Waals surface area contributed by atoms with Crippen LogP contribution in [0.25, 0.3) is 0 Å². The van der Waals surface area contributed by atoms with E-state index in [1.54, 1.807) is 0 Å². The Labute approximate surface area is 128 Å². The van der Waals surface area contributed by atoms with E-state index in [1.165, 1.54) is 38.2 Å². The fourth-order valence-corrected chi connectivity index (χ4v) is 3.37. The minimum Gasteiger partial charge on any atom is -0.494 e. The van der Waals surface area contributed by atoms with Crippen molar-refractivity contribution >= 4 is 12.4 Å². The number of hydrogen-bond donors (Lipinski definition) is 1. The largest absolute Gasteiger partial charge is 0.494 e. The molecule has 0 radical (unpaired) electrons. The summed E-state index contributed by atoms with van der Waals surface area (Å²) >= 11 is 0. The second-order valence-electron chi connectivity index (χ2n) is 5.78. The van der Waals surface area contributed by atoms with Crippen LogP contribution in [0, 0.1) is 11.8 Å². The van der Waals surface area contributed by atoms with E-state index >= 15 is 0 Å². The number of hydrogen-bond acceptors (Lipinski definition) is 3. The van der Waals surface area contributed by atoms with E-state index in [4.69, 9.17) is 4.74 Å². The Morgan fingerprint density at radius 3 is 2.70 bits per heavy atom. The third-order valence-electron chi connectivity index (χ3n) is 4.43. The van der Waals surface area contributed by atoms with Crippen molar-refractivity contribution in [3.8, 4) is 5.75 Å². The second-order valence-corrected chi connectivity index (χ2v) is 5.78. The van der Waals surface area contributed by atoms with Crippen LogP contribution in [0.2, 0.25) is 0 Å². The van der Waals surface area contributed by atoms with Crippen LogP contribution in [0.1, 0.15) is 18.9 Å². The fraction of sp³-hybridized carbons (Fsp3) is 0.625. The van der Waals surface area contributed by atoms with Crippen molar-refractivity contribution in [1.29, 1.82) is 0 Å². The van der Waals surface area contributed by atoms with Crippen LogP contribution in [0.3, 0.4) is 0 Å². The van der Waals surface area contributed by atoms with Crippen molar-refractivity contribution in [3.63, 3.8) is 0 Å². The summed E-state index contributed by atoms with van der Waals surface area (Å²) in [5.41, 5.74) is 1.40. The van der Waals surface area contributed by atoms with Gasteiger partial charge in [-0.25, -0.2) is 0 Å². The lowest BCUT2D eigenvalue weighted by molar-refractivity contribution is 0.142. The summed E-state index contributed by atoms with van der Waals surface area (Å²) in [4.78, 5) is 2.60. The summed E-state index contributed by atoms with van der Waals surface area (Å²) in [5.74, 6) is 2.78. The first-order valence-electron chi connectivity index (χ1n) is 7.50. The minimum absolute atomic E-state index is 0. The molecule has 2 fully saturated rings. The maximum Gasteiger partial charge on any atom is 0.119 e. The molecule has 1 aromatic rings. The fourth-order valence-electron chi connectivity index (χ4n) is 3.37. The molecule has 2 aliphatic rings. The third-order valence-corrected chi connectivity index (χ3v) is 4.43. The molecule has 0 saturated carbocycles. The Hall–Kier alpha value is -0.770. The molecule has 0 aromatic heterocycles. The summed E-state index contributed by atoms with van der Waals surface area (Å²) < 4.78 is 5.49. The molecule has 2 heterocycles. The molecule has 0 bridgehead atoms. The van der Waals surface area contributed by atoms with Crippen LogP contribution in [0.5, 0.6) is 5.75 Å². The molecule has 3 rings (SSSR count). The predicted octanol–water partition coefficient (Wildman–Crippen LogP) is 2.55. The first-order chi connectivity index (χ1) is 9.35. The molecule has 3 nitrogen and oxygen atoms in total. The van der Waals surface area contributed by atoms with E-state index in [9.17, 15) is 0 Å². The molecule has 1 N–H and O–H groups in total. The first kappa shape index (κ1) is 15.6. The molecule has 2 atom stereocenters. The van der Waals surface area contributed by atoms with E-state index in [0.29, 0.717) is 0 Å². The quantitative estimate of drug-likeness (QED) is 0.924. The molecule has 0 spiro atoms. The maximum atomic E-state index is 5.49. The maximum absolute atomic E-state index is 5.49. The molecule has 2 aliphatic heterocycles. The molecule has 4 heteroatoms. The van der Waals surface area contributed by atoms with E-state index in [1.807, 2.05) is 6.92 Å². The van der Waals surface area contributed by atoms with Crippen LogP contribution >= 0.6 is 12.4 Å². The highest BCUT2D eigenvalue weighted by Crippen LogP contribution is 2.27. The van der Waals surface area contributed by atoms with Crippen molar-refractivity contribution in [1.82, 2.24) is 10.2 Å². The van der Waals surface area contributed by atoms with Gasteiger partial charge in [-0.05, 0) is 62.5 Å². The number of rotatable bonds is 4. The van der Waals surface area contributed by atoms with Gasteiger partial charge in [0.05, 0.1) is 6.61 Å². The molecule has 0 amide bonds. The lowest BCUT2D eigenvalue weighted by atomic mass is 9.88.